The average Bonchev–Trinajstić information content (AvgIpc) is 2.72. The quantitative estimate of drug-likeness (QED) is 0.595. The maximum absolute atomic E-state index is 13.3. The van der Waals surface area contributed by atoms with Gasteiger partial charge < -0.3 is 0 Å². The molecular formula is C11H7F3N2O. The zero-order valence-electron chi connectivity index (χ0n) is 8.75. The number of nitrogens with zero attached hydrogens (tertiary/aromatic N) is 2. The molecule has 0 aliphatic carbocycles. The minimum atomic E-state index is -1.66. The fraction of sp³-hybridized carbons (Fsp3) is 0.0909. The Morgan fingerprint density at radius 1 is 1.18 bits per heavy atom. The van der Waals surface area contributed by atoms with Crippen molar-refractivity contribution in [2.45, 2.75) is 0 Å². The molecule has 0 atom stereocenters. The molecular weight excluding hydrogens is 233 g/mol. The lowest BCUT2D eigenvalue weighted by Crippen LogP contribution is -2.08. The van der Waals surface area contributed by atoms with Gasteiger partial charge >= 0.3 is 0 Å². The minimum absolute atomic E-state index is 0.0302. The van der Waals surface area contributed by atoms with Crippen molar-refractivity contribution < 1.29 is 18.0 Å². The van der Waals surface area contributed by atoms with E-state index in [-0.39, 0.29) is 5.69 Å². The van der Waals surface area contributed by atoms with Gasteiger partial charge in [0.2, 0.25) is 5.78 Å². The number of benzene rings is 1. The molecule has 0 radical (unpaired) electrons. The number of rotatable bonds is 2. The summed E-state index contributed by atoms with van der Waals surface area (Å²) < 4.78 is 40.3. The molecule has 0 fully saturated rings. The van der Waals surface area contributed by atoms with Crippen molar-refractivity contribution >= 4 is 5.78 Å². The van der Waals surface area contributed by atoms with Crippen LogP contribution in [0.2, 0.25) is 0 Å². The van der Waals surface area contributed by atoms with Gasteiger partial charge in [-0.3, -0.25) is 9.48 Å². The van der Waals surface area contributed by atoms with Crippen LogP contribution in [0, 0.1) is 17.5 Å². The second kappa shape index (κ2) is 4.04. The lowest BCUT2D eigenvalue weighted by atomic mass is 10.1. The monoisotopic (exact) mass is 240 g/mol. The predicted molar refractivity (Wildman–Crippen MR) is 53.0 cm³/mol. The minimum Gasteiger partial charge on any atom is -0.287 e. The van der Waals surface area contributed by atoms with Crippen LogP contribution in [-0.4, -0.2) is 15.6 Å². The number of carbonyl (C=O) groups excluding carboxylic acids is 1. The summed E-state index contributed by atoms with van der Waals surface area (Å²) in [6.45, 7) is 0. The molecule has 1 aromatic heterocycles. The first-order valence-electron chi connectivity index (χ1n) is 4.68. The highest BCUT2D eigenvalue weighted by Gasteiger charge is 2.21. The summed E-state index contributed by atoms with van der Waals surface area (Å²) in [5.74, 6) is -5.28. The van der Waals surface area contributed by atoms with Gasteiger partial charge in [0.1, 0.15) is 5.69 Å². The molecule has 0 saturated heterocycles. The summed E-state index contributed by atoms with van der Waals surface area (Å²) >= 11 is 0. The van der Waals surface area contributed by atoms with E-state index in [0.717, 1.165) is 6.07 Å². The van der Waals surface area contributed by atoms with Gasteiger partial charge in [-0.2, -0.15) is 5.10 Å². The average molecular weight is 240 g/mol. The normalized spacial score (nSPS) is 10.6. The Bertz CT molecular complexity index is 592. The molecule has 0 unspecified atom stereocenters. The van der Waals surface area contributed by atoms with Crippen LogP contribution in [-0.2, 0) is 7.05 Å². The fourth-order valence-corrected chi connectivity index (χ4v) is 1.38. The lowest BCUT2D eigenvalue weighted by molar-refractivity contribution is 0.102. The van der Waals surface area contributed by atoms with Crippen LogP contribution in [0.4, 0.5) is 13.2 Å². The molecule has 0 N–H and O–H groups in total. The van der Waals surface area contributed by atoms with Gasteiger partial charge in [0.15, 0.2) is 17.5 Å². The third-order valence-electron chi connectivity index (χ3n) is 2.23. The first-order valence-corrected chi connectivity index (χ1v) is 4.68. The molecule has 3 nitrogen and oxygen atoms in total. The second-order valence-corrected chi connectivity index (χ2v) is 3.43. The van der Waals surface area contributed by atoms with Crippen molar-refractivity contribution in [1.29, 1.82) is 0 Å². The Kier molecular flexibility index (Phi) is 2.71. The maximum atomic E-state index is 13.3. The Hall–Kier alpha value is -2.11. The Balaban J connectivity index is 2.48. The van der Waals surface area contributed by atoms with Gasteiger partial charge in [-0.1, -0.05) is 0 Å². The van der Waals surface area contributed by atoms with E-state index >= 15 is 0 Å². The molecule has 0 bridgehead atoms. The molecule has 2 aromatic rings. The zero-order chi connectivity index (χ0) is 12.6. The maximum Gasteiger partial charge on any atom is 0.216 e. The van der Waals surface area contributed by atoms with E-state index in [2.05, 4.69) is 5.10 Å². The van der Waals surface area contributed by atoms with Crippen LogP contribution < -0.4 is 0 Å². The standard InChI is InChI=1S/C11H7F3N2O/c1-16-5-4-8(15-16)11(17)6-2-3-7(12)10(14)9(6)13/h2-5H,1H3. The Labute approximate surface area is 94.5 Å². The van der Waals surface area contributed by atoms with Crippen molar-refractivity contribution in [2.24, 2.45) is 7.05 Å². The van der Waals surface area contributed by atoms with Crippen molar-refractivity contribution in [2.75, 3.05) is 0 Å². The van der Waals surface area contributed by atoms with Crippen molar-refractivity contribution in [1.82, 2.24) is 9.78 Å². The van der Waals surface area contributed by atoms with E-state index in [0.29, 0.717) is 6.07 Å². The van der Waals surface area contributed by atoms with E-state index in [9.17, 15) is 18.0 Å². The third kappa shape index (κ3) is 1.93. The van der Waals surface area contributed by atoms with Gasteiger partial charge in [0, 0.05) is 13.2 Å². The number of hydrogen-bond acceptors (Lipinski definition) is 2. The van der Waals surface area contributed by atoms with Crippen molar-refractivity contribution in [3.8, 4) is 0 Å². The zero-order valence-corrected chi connectivity index (χ0v) is 8.75. The number of hydrogen-bond donors (Lipinski definition) is 0. The van der Waals surface area contributed by atoms with Gasteiger partial charge in [-0.25, -0.2) is 13.2 Å². The topological polar surface area (TPSA) is 34.9 Å². The summed E-state index contributed by atoms with van der Waals surface area (Å²) in [7, 11) is 1.58. The van der Waals surface area contributed by atoms with Gasteiger partial charge in [0.25, 0.3) is 0 Å². The second-order valence-electron chi connectivity index (χ2n) is 3.43. The highest BCUT2D eigenvalue weighted by atomic mass is 19.2. The number of carbonyl (C=O) groups is 1. The van der Waals surface area contributed by atoms with Crippen LogP contribution in [0.25, 0.3) is 0 Å². The summed E-state index contributed by atoms with van der Waals surface area (Å²) in [5, 5.41) is 3.76. The first-order chi connectivity index (χ1) is 8.00. The Morgan fingerprint density at radius 2 is 1.88 bits per heavy atom. The highest BCUT2D eigenvalue weighted by molar-refractivity contribution is 6.07. The molecule has 0 saturated carbocycles. The van der Waals surface area contributed by atoms with E-state index in [1.165, 1.54) is 16.9 Å². The number of ketones is 1. The summed E-state index contributed by atoms with van der Waals surface area (Å²) in [6, 6.07) is 2.96. The highest BCUT2D eigenvalue weighted by Crippen LogP contribution is 2.17. The van der Waals surface area contributed by atoms with E-state index in [1.807, 2.05) is 0 Å². The number of aromatic nitrogens is 2. The molecule has 2 rings (SSSR count). The van der Waals surface area contributed by atoms with E-state index < -0.39 is 28.8 Å². The lowest BCUT2D eigenvalue weighted by Gasteiger charge is -2.01. The molecule has 88 valence electrons. The third-order valence-corrected chi connectivity index (χ3v) is 2.23. The molecule has 0 aliphatic heterocycles. The van der Waals surface area contributed by atoms with Crippen molar-refractivity contribution in [3.05, 3.63) is 53.1 Å². The van der Waals surface area contributed by atoms with Crippen LogP contribution >= 0.6 is 0 Å². The summed E-state index contributed by atoms with van der Waals surface area (Å²) in [5.41, 5.74) is -0.569. The molecule has 6 heteroatoms. The van der Waals surface area contributed by atoms with Crippen LogP contribution in [0.5, 0.6) is 0 Å². The smallest absolute Gasteiger partial charge is 0.216 e. The number of aryl methyl sites for hydroxylation is 1. The van der Waals surface area contributed by atoms with Gasteiger partial charge in [-0.15, -0.1) is 0 Å². The Morgan fingerprint density at radius 3 is 2.47 bits per heavy atom. The van der Waals surface area contributed by atoms with Crippen LogP contribution in [0.1, 0.15) is 16.1 Å². The molecule has 0 spiro atoms. The van der Waals surface area contributed by atoms with Crippen LogP contribution in [0.15, 0.2) is 24.4 Å². The molecule has 1 aromatic carbocycles. The molecule has 0 amide bonds. The largest absolute Gasteiger partial charge is 0.287 e. The van der Waals surface area contributed by atoms with E-state index in [4.69, 9.17) is 0 Å². The molecule has 1 heterocycles. The first kappa shape index (κ1) is 11.4. The number of halogens is 3. The SMILES string of the molecule is Cn1ccc(C(=O)c2ccc(F)c(F)c2F)n1. The van der Waals surface area contributed by atoms with Gasteiger partial charge in [-0.05, 0) is 18.2 Å². The molecule has 0 aliphatic rings. The molecule has 17 heavy (non-hydrogen) atoms. The van der Waals surface area contributed by atoms with E-state index in [1.54, 1.807) is 7.05 Å². The summed E-state index contributed by atoms with van der Waals surface area (Å²) in [4.78, 5) is 11.7. The fourth-order valence-electron chi connectivity index (χ4n) is 1.38. The van der Waals surface area contributed by atoms with Gasteiger partial charge in [0.05, 0.1) is 5.56 Å². The predicted octanol–water partition coefficient (Wildman–Crippen LogP) is 2.07. The summed E-state index contributed by atoms with van der Waals surface area (Å²) in [6.07, 6.45) is 1.49. The van der Waals surface area contributed by atoms with Crippen molar-refractivity contribution in [3.63, 3.8) is 0 Å². The van der Waals surface area contributed by atoms with Crippen LogP contribution in [0.3, 0.4) is 0 Å².